The van der Waals surface area contributed by atoms with Crippen LogP contribution in [0, 0.1) is 0 Å². The van der Waals surface area contributed by atoms with Crippen LogP contribution in [0.2, 0.25) is 0 Å². The third-order valence-electron chi connectivity index (χ3n) is 3.51. The van der Waals surface area contributed by atoms with Crippen molar-refractivity contribution in [2.75, 3.05) is 31.1 Å². The Morgan fingerprint density at radius 3 is 2.83 bits per heavy atom. The molecule has 3 N–H and O–H groups in total. The number of rotatable bonds is 2. The Balaban J connectivity index is 2.11. The van der Waals surface area contributed by atoms with E-state index in [4.69, 9.17) is 5.73 Å². The molecule has 0 amide bonds. The fraction of sp³-hybridized carbons (Fsp3) is 0.357. The fourth-order valence-corrected chi connectivity index (χ4v) is 2.57. The average molecular weight is 242 g/mol. The summed E-state index contributed by atoms with van der Waals surface area (Å²) in [6, 6.07) is 8.36. The van der Waals surface area contributed by atoms with Crippen LogP contribution in [0.3, 0.4) is 0 Å². The SMILES string of the molecule is NCc1cccc2c(N3CCNCC3)ccnc12. The van der Waals surface area contributed by atoms with Crippen LogP contribution >= 0.6 is 0 Å². The molecule has 0 spiro atoms. The number of para-hydroxylation sites is 1. The molecule has 0 aliphatic carbocycles. The third kappa shape index (κ3) is 1.94. The zero-order valence-electron chi connectivity index (χ0n) is 10.4. The second-order valence-corrected chi connectivity index (χ2v) is 4.58. The van der Waals surface area contributed by atoms with E-state index < -0.39 is 0 Å². The number of nitrogens with two attached hydrogens (primary N) is 1. The highest BCUT2D eigenvalue weighted by Gasteiger charge is 2.14. The van der Waals surface area contributed by atoms with E-state index in [-0.39, 0.29) is 0 Å². The quantitative estimate of drug-likeness (QED) is 0.828. The standard InChI is InChI=1S/C14H18N4/c15-10-11-2-1-3-12-13(4-5-17-14(11)12)18-8-6-16-7-9-18/h1-5,16H,6-10,15H2. The van der Waals surface area contributed by atoms with Crippen molar-refractivity contribution >= 4 is 16.6 Å². The van der Waals surface area contributed by atoms with Crippen molar-refractivity contribution in [3.63, 3.8) is 0 Å². The zero-order chi connectivity index (χ0) is 12.4. The van der Waals surface area contributed by atoms with Gasteiger partial charge < -0.3 is 16.0 Å². The van der Waals surface area contributed by atoms with E-state index in [1.807, 2.05) is 6.20 Å². The normalized spacial score (nSPS) is 16.2. The second kappa shape index (κ2) is 4.92. The Kier molecular flexibility index (Phi) is 3.13. The van der Waals surface area contributed by atoms with Crippen molar-refractivity contribution in [1.82, 2.24) is 10.3 Å². The molecule has 1 aliphatic rings. The van der Waals surface area contributed by atoms with E-state index >= 15 is 0 Å². The first-order valence-corrected chi connectivity index (χ1v) is 6.42. The van der Waals surface area contributed by atoms with E-state index in [2.05, 4.69) is 39.5 Å². The number of nitrogens with one attached hydrogen (secondary N) is 1. The average Bonchev–Trinajstić information content (AvgIpc) is 2.47. The van der Waals surface area contributed by atoms with Gasteiger partial charge in [-0.1, -0.05) is 18.2 Å². The Bertz CT molecular complexity index is 546. The molecule has 4 heteroatoms. The van der Waals surface area contributed by atoms with Crippen LogP contribution in [-0.2, 0) is 6.54 Å². The first kappa shape index (κ1) is 11.4. The number of anilines is 1. The summed E-state index contributed by atoms with van der Waals surface area (Å²) in [5.74, 6) is 0. The highest BCUT2D eigenvalue weighted by Crippen LogP contribution is 2.27. The summed E-state index contributed by atoms with van der Waals surface area (Å²) in [4.78, 5) is 6.90. The number of nitrogens with zero attached hydrogens (tertiary/aromatic N) is 2. The van der Waals surface area contributed by atoms with Gasteiger partial charge in [0.2, 0.25) is 0 Å². The lowest BCUT2D eigenvalue weighted by Crippen LogP contribution is -2.43. The molecular formula is C14H18N4. The van der Waals surface area contributed by atoms with Crippen molar-refractivity contribution in [1.29, 1.82) is 0 Å². The molecule has 0 saturated carbocycles. The van der Waals surface area contributed by atoms with Crippen molar-refractivity contribution in [3.05, 3.63) is 36.0 Å². The Morgan fingerprint density at radius 1 is 1.22 bits per heavy atom. The molecule has 2 heterocycles. The highest BCUT2D eigenvalue weighted by molar-refractivity contribution is 5.93. The molecule has 0 radical (unpaired) electrons. The van der Waals surface area contributed by atoms with E-state index in [9.17, 15) is 0 Å². The van der Waals surface area contributed by atoms with Gasteiger partial charge in [-0.25, -0.2) is 0 Å². The van der Waals surface area contributed by atoms with Crippen LogP contribution in [-0.4, -0.2) is 31.2 Å². The van der Waals surface area contributed by atoms with Crippen molar-refractivity contribution in [2.45, 2.75) is 6.54 Å². The molecule has 1 aromatic heterocycles. The molecule has 3 rings (SSSR count). The lowest BCUT2D eigenvalue weighted by molar-refractivity contribution is 0.590. The van der Waals surface area contributed by atoms with Gasteiger partial charge in [-0.15, -0.1) is 0 Å². The Morgan fingerprint density at radius 2 is 2.06 bits per heavy atom. The summed E-state index contributed by atoms with van der Waals surface area (Å²) in [6.07, 6.45) is 1.89. The molecule has 2 aromatic rings. The van der Waals surface area contributed by atoms with Crippen LogP contribution in [0.25, 0.3) is 10.9 Å². The predicted molar refractivity (Wildman–Crippen MR) is 74.7 cm³/mol. The van der Waals surface area contributed by atoms with Gasteiger partial charge in [0.1, 0.15) is 0 Å². The van der Waals surface area contributed by atoms with Crippen molar-refractivity contribution in [3.8, 4) is 0 Å². The van der Waals surface area contributed by atoms with E-state index in [1.54, 1.807) is 0 Å². The monoisotopic (exact) mass is 242 g/mol. The maximum Gasteiger partial charge on any atom is 0.0767 e. The lowest BCUT2D eigenvalue weighted by Gasteiger charge is -2.30. The summed E-state index contributed by atoms with van der Waals surface area (Å²) < 4.78 is 0. The lowest BCUT2D eigenvalue weighted by atomic mass is 10.1. The number of fused-ring (bicyclic) bond motifs is 1. The molecule has 1 aliphatic heterocycles. The maximum absolute atomic E-state index is 5.78. The van der Waals surface area contributed by atoms with Gasteiger partial charge in [0.05, 0.1) is 5.52 Å². The van der Waals surface area contributed by atoms with E-state index in [1.165, 1.54) is 11.1 Å². The number of aromatic nitrogens is 1. The van der Waals surface area contributed by atoms with Crippen molar-refractivity contribution < 1.29 is 0 Å². The zero-order valence-corrected chi connectivity index (χ0v) is 10.4. The van der Waals surface area contributed by atoms with Gasteiger partial charge in [-0.3, -0.25) is 4.98 Å². The number of hydrogen-bond donors (Lipinski definition) is 2. The molecule has 18 heavy (non-hydrogen) atoms. The summed E-state index contributed by atoms with van der Waals surface area (Å²) in [5.41, 5.74) is 9.21. The minimum atomic E-state index is 0.537. The second-order valence-electron chi connectivity index (χ2n) is 4.58. The predicted octanol–water partition coefficient (Wildman–Crippen LogP) is 1.10. The fourth-order valence-electron chi connectivity index (χ4n) is 2.57. The topological polar surface area (TPSA) is 54.2 Å². The molecule has 0 unspecified atom stereocenters. The molecule has 0 atom stereocenters. The van der Waals surface area contributed by atoms with E-state index in [0.717, 1.165) is 37.3 Å². The molecule has 94 valence electrons. The van der Waals surface area contributed by atoms with Gasteiger partial charge in [-0.05, 0) is 11.6 Å². The van der Waals surface area contributed by atoms with Gasteiger partial charge in [0.25, 0.3) is 0 Å². The number of pyridine rings is 1. The van der Waals surface area contributed by atoms with Crippen LogP contribution < -0.4 is 16.0 Å². The first-order valence-electron chi connectivity index (χ1n) is 6.42. The summed E-state index contributed by atoms with van der Waals surface area (Å²) in [7, 11) is 0. The molecule has 1 fully saturated rings. The largest absolute Gasteiger partial charge is 0.368 e. The highest BCUT2D eigenvalue weighted by atomic mass is 15.2. The van der Waals surface area contributed by atoms with E-state index in [0.29, 0.717) is 6.54 Å². The third-order valence-corrected chi connectivity index (χ3v) is 3.51. The smallest absolute Gasteiger partial charge is 0.0767 e. The Labute approximate surface area is 107 Å². The van der Waals surface area contributed by atoms with Crippen LogP contribution in [0.1, 0.15) is 5.56 Å². The minimum absolute atomic E-state index is 0.537. The van der Waals surface area contributed by atoms with Crippen LogP contribution in [0.5, 0.6) is 0 Å². The number of piperazine rings is 1. The van der Waals surface area contributed by atoms with Crippen LogP contribution in [0.4, 0.5) is 5.69 Å². The molecule has 1 saturated heterocycles. The number of hydrogen-bond acceptors (Lipinski definition) is 4. The van der Waals surface area contributed by atoms with Gasteiger partial charge in [-0.2, -0.15) is 0 Å². The van der Waals surface area contributed by atoms with Crippen LogP contribution in [0.15, 0.2) is 30.5 Å². The molecule has 4 nitrogen and oxygen atoms in total. The number of benzene rings is 1. The first-order chi connectivity index (χ1) is 8.90. The maximum atomic E-state index is 5.78. The van der Waals surface area contributed by atoms with Gasteiger partial charge in [0.15, 0.2) is 0 Å². The molecule has 1 aromatic carbocycles. The minimum Gasteiger partial charge on any atom is -0.368 e. The molecular weight excluding hydrogens is 224 g/mol. The Hall–Kier alpha value is -1.65. The van der Waals surface area contributed by atoms with Gasteiger partial charge in [0, 0.05) is 50.0 Å². The molecule has 0 bridgehead atoms. The van der Waals surface area contributed by atoms with Crippen molar-refractivity contribution in [2.24, 2.45) is 5.73 Å². The summed E-state index contributed by atoms with van der Waals surface area (Å²) in [5, 5.41) is 4.59. The van der Waals surface area contributed by atoms with Gasteiger partial charge >= 0.3 is 0 Å². The summed E-state index contributed by atoms with van der Waals surface area (Å²) >= 11 is 0. The summed E-state index contributed by atoms with van der Waals surface area (Å²) in [6.45, 7) is 4.72.